The zero-order valence-corrected chi connectivity index (χ0v) is 16.7. The van der Waals surface area contributed by atoms with Gasteiger partial charge in [-0.05, 0) is 101 Å². The summed E-state index contributed by atoms with van der Waals surface area (Å²) in [7, 11) is 0. The molecule has 1 heteroatoms. The molecule has 2 aromatic carbocycles. The van der Waals surface area contributed by atoms with Crippen LogP contribution in [0, 0.1) is 20.8 Å². The third-order valence-electron chi connectivity index (χ3n) is 7.22. The van der Waals surface area contributed by atoms with E-state index in [2.05, 4.69) is 63.3 Å². The number of hydrogen-bond donors (Lipinski definition) is 0. The van der Waals surface area contributed by atoms with E-state index in [-0.39, 0.29) is 11.8 Å². The highest BCUT2D eigenvalue weighted by Crippen LogP contribution is 2.55. The standard InChI is InChI=1S/C27H24O/c1-14-11-15(2)22-24(17-7-4-5-8-17)27(28)25-20-10-6-9-18(20)13-19-12-16(3)21(14)26(22)23(19)25/h4,7-12,24-25H,5-6,13H2,1-3H3. The molecule has 0 N–H and O–H groups in total. The second-order valence-electron chi connectivity index (χ2n) is 8.85. The first-order valence-electron chi connectivity index (χ1n) is 10.4. The average molecular weight is 364 g/mol. The van der Waals surface area contributed by atoms with Crippen LogP contribution in [0.1, 0.15) is 58.1 Å². The van der Waals surface area contributed by atoms with Crippen molar-refractivity contribution in [1.29, 1.82) is 0 Å². The molecule has 0 spiro atoms. The Morgan fingerprint density at radius 2 is 1.64 bits per heavy atom. The maximum absolute atomic E-state index is 14.1. The molecular formula is C27H24O. The van der Waals surface area contributed by atoms with Crippen LogP contribution < -0.4 is 0 Å². The second-order valence-corrected chi connectivity index (χ2v) is 8.85. The van der Waals surface area contributed by atoms with Gasteiger partial charge in [0.2, 0.25) is 0 Å². The summed E-state index contributed by atoms with van der Waals surface area (Å²) in [4.78, 5) is 14.1. The molecule has 2 aromatic rings. The third kappa shape index (κ3) is 1.90. The van der Waals surface area contributed by atoms with Crippen molar-refractivity contribution in [2.24, 2.45) is 0 Å². The van der Waals surface area contributed by atoms with Crippen LogP contribution in [-0.2, 0) is 11.2 Å². The van der Waals surface area contributed by atoms with Gasteiger partial charge in [-0.1, -0.05) is 42.5 Å². The summed E-state index contributed by atoms with van der Waals surface area (Å²) in [5.41, 5.74) is 11.8. The van der Waals surface area contributed by atoms with Crippen molar-refractivity contribution in [3.63, 3.8) is 0 Å². The van der Waals surface area contributed by atoms with Gasteiger partial charge in [0.1, 0.15) is 0 Å². The van der Waals surface area contributed by atoms with Gasteiger partial charge in [0.25, 0.3) is 0 Å². The Hall–Kier alpha value is -2.67. The highest BCUT2D eigenvalue weighted by atomic mass is 16.1. The Morgan fingerprint density at radius 1 is 0.821 bits per heavy atom. The summed E-state index contributed by atoms with van der Waals surface area (Å²) in [6.07, 6.45) is 14.1. The molecule has 0 aliphatic heterocycles. The van der Waals surface area contributed by atoms with E-state index in [1.54, 1.807) is 0 Å². The Kier molecular flexibility index (Phi) is 3.17. The van der Waals surface area contributed by atoms with Gasteiger partial charge in [0, 0.05) is 0 Å². The van der Waals surface area contributed by atoms with Crippen LogP contribution in [0.2, 0.25) is 0 Å². The van der Waals surface area contributed by atoms with Gasteiger partial charge in [-0.25, -0.2) is 0 Å². The molecule has 28 heavy (non-hydrogen) atoms. The first-order valence-corrected chi connectivity index (χ1v) is 10.4. The number of Topliss-reactive ketones (excluding diaryl/α,β-unsaturated/α-hetero) is 1. The van der Waals surface area contributed by atoms with E-state index in [1.807, 2.05) is 0 Å². The number of carbonyl (C=O) groups excluding carboxylic acids is 1. The van der Waals surface area contributed by atoms with Gasteiger partial charge in [0.15, 0.2) is 5.78 Å². The van der Waals surface area contributed by atoms with Crippen LogP contribution in [0.4, 0.5) is 0 Å². The normalized spacial score (nSPS) is 24.4. The van der Waals surface area contributed by atoms with Gasteiger partial charge in [0.05, 0.1) is 11.8 Å². The van der Waals surface area contributed by atoms with Crippen molar-refractivity contribution >= 4 is 16.6 Å². The molecule has 2 atom stereocenters. The first kappa shape index (κ1) is 16.3. The predicted molar refractivity (Wildman–Crippen MR) is 115 cm³/mol. The summed E-state index contributed by atoms with van der Waals surface area (Å²) in [5.74, 6) is 0.159. The lowest BCUT2D eigenvalue weighted by Crippen LogP contribution is -2.32. The fourth-order valence-electron chi connectivity index (χ4n) is 6.25. The van der Waals surface area contributed by atoms with Crippen LogP contribution in [0.25, 0.3) is 10.8 Å². The zero-order valence-electron chi connectivity index (χ0n) is 16.7. The van der Waals surface area contributed by atoms with Crippen LogP contribution in [-0.4, -0.2) is 5.78 Å². The number of fused-ring (bicyclic) bond motifs is 2. The number of carbonyl (C=O) groups is 1. The van der Waals surface area contributed by atoms with Gasteiger partial charge >= 0.3 is 0 Å². The highest BCUT2D eigenvalue weighted by molar-refractivity contribution is 6.11. The Morgan fingerprint density at radius 3 is 2.43 bits per heavy atom. The van der Waals surface area contributed by atoms with Gasteiger partial charge < -0.3 is 0 Å². The minimum atomic E-state index is -0.130. The molecule has 0 aromatic heterocycles. The minimum absolute atomic E-state index is 0.0887. The second kappa shape index (κ2) is 5.44. The fourth-order valence-corrected chi connectivity index (χ4v) is 6.25. The Labute approximate surface area is 166 Å². The summed E-state index contributed by atoms with van der Waals surface area (Å²) < 4.78 is 0. The largest absolute Gasteiger partial charge is 0.298 e. The molecular weight excluding hydrogens is 340 g/mol. The number of rotatable bonds is 1. The van der Waals surface area contributed by atoms with E-state index in [1.165, 1.54) is 60.9 Å². The van der Waals surface area contributed by atoms with Crippen LogP contribution >= 0.6 is 0 Å². The molecule has 0 bridgehead atoms. The fraction of sp³-hybridized carbons (Fsp3) is 0.296. The predicted octanol–water partition coefficient (Wildman–Crippen LogP) is 6.21. The lowest BCUT2D eigenvalue weighted by Gasteiger charge is -2.39. The van der Waals surface area contributed by atoms with E-state index in [9.17, 15) is 4.79 Å². The molecule has 138 valence electrons. The number of benzene rings is 2. The number of allylic oxidation sites excluding steroid dienone is 8. The molecule has 0 saturated heterocycles. The van der Waals surface area contributed by atoms with E-state index < -0.39 is 0 Å². The SMILES string of the molecule is Cc1cc(C)c2c(C)cc3c4c2c1C(C1=CCC=C1)C(=O)C4C1=CCC=C1C3. The average Bonchev–Trinajstić information content (AvgIpc) is 3.33. The molecule has 2 unspecified atom stereocenters. The summed E-state index contributed by atoms with van der Waals surface area (Å²) in [6, 6.07) is 4.65. The maximum atomic E-state index is 14.1. The Bertz CT molecular complexity index is 1230. The van der Waals surface area contributed by atoms with Gasteiger partial charge in [-0.3, -0.25) is 4.79 Å². The van der Waals surface area contributed by atoms with Gasteiger partial charge in [-0.15, -0.1) is 0 Å². The van der Waals surface area contributed by atoms with E-state index in [0.717, 1.165) is 19.3 Å². The molecule has 0 fully saturated rings. The quantitative estimate of drug-likeness (QED) is 0.587. The maximum Gasteiger partial charge on any atom is 0.156 e. The molecule has 4 aliphatic carbocycles. The van der Waals surface area contributed by atoms with Crippen molar-refractivity contribution in [1.82, 2.24) is 0 Å². The molecule has 0 radical (unpaired) electrons. The molecule has 0 amide bonds. The Balaban J connectivity index is 1.81. The molecule has 6 rings (SSSR count). The van der Waals surface area contributed by atoms with Crippen molar-refractivity contribution < 1.29 is 4.79 Å². The summed E-state index contributed by atoms with van der Waals surface area (Å²) in [5, 5.41) is 2.76. The monoisotopic (exact) mass is 364 g/mol. The number of ketones is 1. The minimum Gasteiger partial charge on any atom is -0.298 e. The van der Waals surface area contributed by atoms with Crippen LogP contribution in [0.3, 0.4) is 0 Å². The summed E-state index contributed by atoms with van der Waals surface area (Å²) >= 11 is 0. The van der Waals surface area contributed by atoms with E-state index >= 15 is 0 Å². The van der Waals surface area contributed by atoms with Crippen LogP contribution in [0.5, 0.6) is 0 Å². The van der Waals surface area contributed by atoms with Crippen molar-refractivity contribution in [2.45, 2.75) is 51.9 Å². The van der Waals surface area contributed by atoms with E-state index in [0.29, 0.717) is 5.78 Å². The smallest absolute Gasteiger partial charge is 0.156 e. The molecule has 4 aliphatic rings. The lowest BCUT2D eigenvalue weighted by atomic mass is 9.63. The number of hydrogen-bond acceptors (Lipinski definition) is 1. The van der Waals surface area contributed by atoms with Crippen molar-refractivity contribution in [3.8, 4) is 0 Å². The van der Waals surface area contributed by atoms with E-state index in [4.69, 9.17) is 0 Å². The first-order chi connectivity index (χ1) is 13.6. The van der Waals surface area contributed by atoms with Crippen molar-refractivity contribution in [3.05, 3.63) is 92.6 Å². The summed E-state index contributed by atoms with van der Waals surface area (Å²) in [6.45, 7) is 6.66. The van der Waals surface area contributed by atoms with Gasteiger partial charge in [-0.2, -0.15) is 0 Å². The molecule has 1 nitrogen and oxygen atoms in total. The third-order valence-corrected chi connectivity index (χ3v) is 7.22. The van der Waals surface area contributed by atoms with Crippen LogP contribution in [0.15, 0.2) is 59.2 Å². The topological polar surface area (TPSA) is 17.1 Å². The lowest BCUT2D eigenvalue weighted by molar-refractivity contribution is -0.120. The molecule has 0 heterocycles. The zero-order chi connectivity index (χ0) is 19.2. The van der Waals surface area contributed by atoms with Crippen molar-refractivity contribution in [2.75, 3.05) is 0 Å². The molecule has 0 saturated carbocycles. The highest BCUT2D eigenvalue weighted by Gasteiger charge is 2.45. The number of aryl methyl sites for hydroxylation is 3.